The second kappa shape index (κ2) is 12.5. The number of hydrogen-bond donors (Lipinski definition) is 2. The largest absolute Gasteiger partial charge is 0.327 e. The molecule has 164 valence electrons. The molecule has 2 saturated carbocycles. The summed E-state index contributed by atoms with van der Waals surface area (Å²) >= 11 is 0. The Morgan fingerprint density at radius 3 is 1.07 bits per heavy atom. The van der Waals surface area contributed by atoms with E-state index in [0.717, 1.165) is 37.5 Å². The maximum absolute atomic E-state index is 6.58. The highest BCUT2D eigenvalue weighted by atomic mass is 14.7. The zero-order valence-corrected chi connectivity index (χ0v) is 18.7. The van der Waals surface area contributed by atoms with Crippen molar-refractivity contribution in [3.63, 3.8) is 0 Å². The average Bonchev–Trinajstić information content (AvgIpc) is 2.69. The molecular weight excluding hydrogens is 352 g/mol. The average molecular weight is 399 g/mol. The van der Waals surface area contributed by atoms with Crippen molar-refractivity contribution in [2.45, 2.75) is 82.7 Å². The molecule has 2 heteroatoms. The van der Waals surface area contributed by atoms with Crippen LogP contribution >= 0.6 is 0 Å². The van der Waals surface area contributed by atoms with E-state index in [1.807, 2.05) is 0 Å². The molecule has 0 heterocycles. The molecule has 4 N–H and O–H groups in total. The van der Waals surface area contributed by atoms with Gasteiger partial charge in [0.25, 0.3) is 0 Å². The summed E-state index contributed by atoms with van der Waals surface area (Å²) in [5, 5.41) is 0. The Hall–Kier alpha value is -1.12. The highest BCUT2D eigenvalue weighted by Crippen LogP contribution is 2.41. The Bertz CT molecular complexity index is 439. The molecule has 2 rings (SSSR count). The Morgan fingerprint density at radius 1 is 0.552 bits per heavy atom. The fraction of sp³-hybridized carbons (Fsp3) is 0.704. The number of rotatable bonds is 12. The van der Waals surface area contributed by atoms with Crippen LogP contribution in [-0.4, -0.2) is 12.1 Å². The predicted molar refractivity (Wildman–Crippen MR) is 128 cm³/mol. The topological polar surface area (TPSA) is 52.0 Å². The van der Waals surface area contributed by atoms with E-state index < -0.39 is 0 Å². The maximum Gasteiger partial charge on any atom is 0.0102 e. The van der Waals surface area contributed by atoms with Gasteiger partial charge in [-0.2, -0.15) is 0 Å². The highest BCUT2D eigenvalue weighted by molar-refractivity contribution is 4.95. The van der Waals surface area contributed by atoms with Crippen molar-refractivity contribution in [3.05, 3.63) is 50.6 Å². The Kier molecular flexibility index (Phi) is 10.4. The van der Waals surface area contributed by atoms with Crippen LogP contribution in [-0.2, 0) is 0 Å². The fourth-order valence-electron chi connectivity index (χ4n) is 6.34. The summed E-state index contributed by atoms with van der Waals surface area (Å²) in [4.78, 5) is 0. The van der Waals surface area contributed by atoms with E-state index >= 15 is 0 Å². The Morgan fingerprint density at radius 2 is 0.828 bits per heavy atom. The Labute approximate surface area is 180 Å². The van der Waals surface area contributed by atoms with Gasteiger partial charge in [0, 0.05) is 12.1 Å². The van der Waals surface area contributed by atoms with Crippen LogP contribution < -0.4 is 11.5 Å². The lowest BCUT2D eigenvalue weighted by Crippen LogP contribution is -2.43. The first-order valence-corrected chi connectivity index (χ1v) is 12.0. The minimum absolute atomic E-state index is 0.307. The van der Waals surface area contributed by atoms with Crippen LogP contribution in [0.2, 0.25) is 0 Å². The summed E-state index contributed by atoms with van der Waals surface area (Å²) in [7, 11) is 0. The van der Waals surface area contributed by atoms with Gasteiger partial charge in [0.05, 0.1) is 0 Å². The van der Waals surface area contributed by atoms with E-state index in [1.165, 1.54) is 44.9 Å². The molecule has 0 aromatic rings. The standard InChI is InChI=1S/C27H46N2/c1-5-10-22-16-20(17-23(11-6-2)26(22)28)14-9-15-21-18-24(12-7-3)27(29)25(19-21)13-8-4/h5-8,20-27H,1-4,9-19,28-29H2. The van der Waals surface area contributed by atoms with Gasteiger partial charge in [-0.05, 0) is 86.9 Å². The monoisotopic (exact) mass is 398 g/mol. The molecule has 2 aliphatic carbocycles. The number of nitrogens with two attached hydrogens (primary N) is 2. The molecule has 4 atom stereocenters. The highest BCUT2D eigenvalue weighted by Gasteiger charge is 2.36. The first-order chi connectivity index (χ1) is 14.0. The first-order valence-electron chi connectivity index (χ1n) is 12.0. The molecule has 0 saturated heterocycles. The summed E-state index contributed by atoms with van der Waals surface area (Å²) in [5.41, 5.74) is 13.2. The molecule has 0 aromatic heterocycles. The fourth-order valence-corrected chi connectivity index (χ4v) is 6.34. The summed E-state index contributed by atoms with van der Waals surface area (Å²) in [5.74, 6) is 4.00. The van der Waals surface area contributed by atoms with Crippen LogP contribution in [0.3, 0.4) is 0 Å². The summed E-state index contributed by atoms with van der Waals surface area (Å²) in [6, 6.07) is 0.614. The van der Waals surface area contributed by atoms with Crippen LogP contribution in [0, 0.1) is 35.5 Å². The third-order valence-corrected chi connectivity index (χ3v) is 7.82. The molecular formula is C27H46N2. The van der Waals surface area contributed by atoms with Crippen LogP contribution in [0.1, 0.15) is 70.6 Å². The molecule has 0 aliphatic heterocycles. The minimum atomic E-state index is 0.307. The van der Waals surface area contributed by atoms with Crippen molar-refractivity contribution >= 4 is 0 Å². The van der Waals surface area contributed by atoms with Crippen molar-refractivity contribution in [1.29, 1.82) is 0 Å². The SMILES string of the molecule is C=CCC1CC(CCCC2CC(CC=C)C(N)C(CC=C)C2)CC(CC=C)C1N. The van der Waals surface area contributed by atoms with Gasteiger partial charge < -0.3 is 11.5 Å². The van der Waals surface area contributed by atoms with E-state index in [9.17, 15) is 0 Å². The number of hydrogen-bond acceptors (Lipinski definition) is 2. The van der Waals surface area contributed by atoms with E-state index in [2.05, 4.69) is 50.6 Å². The normalized spacial score (nSPS) is 37.6. The van der Waals surface area contributed by atoms with Gasteiger partial charge in [0.2, 0.25) is 0 Å². The molecule has 2 fully saturated rings. The zero-order valence-electron chi connectivity index (χ0n) is 18.7. The molecule has 0 bridgehead atoms. The minimum Gasteiger partial charge on any atom is -0.327 e. The lowest BCUT2D eigenvalue weighted by atomic mass is 9.67. The van der Waals surface area contributed by atoms with Crippen LogP contribution in [0.25, 0.3) is 0 Å². The second-order valence-corrected chi connectivity index (χ2v) is 9.90. The molecule has 0 spiro atoms. The summed E-state index contributed by atoms with van der Waals surface area (Å²) < 4.78 is 0. The molecule has 2 aliphatic rings. The quantitative estimate of drug-likeness (QED) is 0.374. The summed E-state index contributed by atoms with van der Waals surface area (Å²) in [6.07, 6.45) is 21.6. The zero-order chi connectivity index (χ0) is 21.2. The van der Waals surface area contributed by atoms with Gasteiger partial charge in [-0.3, -0.25) is 0 Å². The van der Waals surface area contributed by atoms with Crippen LogP contribution in [0.5, 0.6) is 0 Å². The van der Waals surface area contributed by atoms with Crippen LogP contribution in [0.4, 0.5) is 0 Å². The third kappa shape index (κ3) is 6.96. The van der Waals surface area contributed by atoms with Crippen molar-refractivity contribution < 1.29 is 0 Å². The van der Waals surface area contributed by atoms with Gasteiger partial charge >= 0.3 is 0 Å². The van der Waals surface area contributed by atoms with Gasteiger partial charge in [-0.15, -0.1) is 26.3 Å². The lowest BCUT2D eigenvalue weighted by Gasteiger charge is -2.41. The second-order valence-electron chi connectivity index (χ2n) is 9.90. The first kappa shape index (κ1) is 24.2. The Balaban J connectivity index is 1.88. The molecule has 0 amide bonds. The van der Waals surface area contributed by atoms with Crippen molar-refractivity contribution in [2.24, 2.45) is 47.0 Å². The van der Waals surface area contributed by atoms with E-state index in [0.29, 0.717) is 35.8 Å². The van der Waals surface area contributed by atoms with E-state index in [-0.39, 0.29) is 0 Å². The molecule has 0 radical (unpaired) electrons. The van der Waals surface area contributed by atoms with Gasteiger partial charge in [0.15, 0.2) is 0 Å². The summed E-state index contributed by atoms with van der Waals surface area (Å²) in [6.45, 7) is 15.8. The van der Waals surface area contributed by atoms with Gasteiger partial charge in [0.1, 0.15) is 0 Å². The van der Waals surface area contributed by atoms with Gasteiger partial charge in [-0.1, -0.05) is 43.6 Å². The maximum atomic E-state index is 6.58. The van der Waals surface area contributed by atoms with Crippen molar-refractivity contribution in [2.75, 3.05) is 0 Å². The lowest BCUT2D eigenvalue weighted by molar-refractivity contribution is 0.137. The molecule has 4 unspecified atom stereocenters. The third-order valence-electron chi connectivity index (χ3n) is 7.82. The molecule has 29 heavy (non-hydrogen) atoms. The van der Waals surface area contributed by atoms with E-state index in [4.69, 9.17) is 11.5 Å². The molecule has 2 nitrogen and oxygen atoms in total. The predicted octanol–water partition coefficient (Wildman–Crippen LogP) is 6.40. The molecule has 0 aromatic carbocycles. The number of allylic oxidation sites excluding steroid dienone is 4. The van der Waals surface area contributed by atoms with E-state index in [1.54, 1.807) is 0 Å². The van der Waals surface area contributed by atoms with Crippen LogP contribution in [0.15, 0.2) is 50.6 Å². The van der Waals surface area contributed by atoms with Gasteiger partial charge in [-0.25, -0.2) is 0 Å². The van der Waals surface area contributed by atoms with Crippen molar-refractivity contribution in [3.8, 4) is 0 Å². The van der Waals surface area contributed by atoms with Crippen molar-refractivity contribution in [1.82, 2.24) is 0 Å². The smallest absolute Gasteiger partial charge is 0.0102 e.